The van der Waals surface area contributed by atoms with Crippen molar-refractivity contribution in [2.24, 2.45) is 11.0 Å². The number of phenols is 3. The molecule has 0 aliphatic heterocycles. The summed E-state index contributed by atoms with van der Waals surface area (Å²) in [6, 6.07) is 2.11. The van der Waals surface area contributed by atoms with Crippen LogP contribution < -0.4 is 5.43 Å². The summed E-state index contributed by atoms with van der Waals surface area (Å²) < 4.78 is 0. The van der Waals surface area contributed by atoms with Gasteiger partial charge in [0.2, 0.25) is 0 Å². The van der Waals surface area contributed by atoms with Crippen molar-refractivity contribution in [3.63, 3.8) is 0 Å². The van der Waals surface area contributed by atoms with E-state index < -0.39 is 23.2 Å². The van der Waals surface area contributed by atoms with Gasteiger partial charge in [0, 0.05) is 11.3 Å². The second-order valence-electron chi connectivity index (χ2n) is 4.75. The summed E-state index contributed by atoms with van der Waals surface area (Å²) in [6.45, 7) is 5.87. The van der Waals surface area contributed by atoms with Crippen LogP contribution in [0.4, 0.5) is 0 Å². The van der Waals surface area contributed by atoms with Crippen molar-refractivity contribution >= 4 is 11.6 Å². The van der Waals surface area contributed by atoms with Crippen LogP contribution in [-0.4, -0.2) is 26.9 Å². The topological polar surface area (TPSA) is 102 Å². The van der Waals surface area contributed by atoms with Crippen LogP contribution in [0.15, 0.2) is 17.2 Å². The van der Waals surface area contributed by atoms with E-state index in [1.807, 2.05) is 13.8 Å². The first kappa shape index (κ1) is 14.8. The Morgan fingerprint density at radius 3 is 2.26 bits per heavy atom. The molecule has 0 bridgehead atoms. The van der Waals surface area contributed by atoms with Crippen LogP contribution in [0.25, 0.3) is 0 Å². The highest BCUT2D eigenvalue weighted by Gasteiger charge is 2.13. The number of benzene rings is 1. The Morgan fingerprint density at radius 1 is 1.26 bits per heavy atom. The van der Waals surface area contributed by atoms with Crippen LogP contribution in [0.3, 0.4) is 0 Å². The third-order valence-electron chi connectivity index (χ3n) is 2.38. The minimum atomic E-state index is -0.656. The summed E-state index contributed by atoms with van der Waals surface area (Å²) >= 11 is 0. The average molecular weight is 266 g/mol. The van der Waals surface area contributed by atoms with Crippen molar-refractivity contribution in [2.75, 3.05) is 0 Å². The quantitative estimate of drug-likeness (QED) is 0.380. The van der Waals surface area contributed by atoms with Gasteiger partial charge in [-0.2, -0.15) is 5.10 Å². The molecule has 6 nitrogen and oxygen atoms in total. The second-order valence-corrected chi connectivity index (χ2v) is 4.75. The standard InChI is InChI=1S/C13H18N2O4/c1-7(2)4-8(3)14-15-13(19)9-5-10(16)12(18)11(17)6-9/h5-7,16-18H,4H2,1-3H3,(H,15,19). The summed E-state index contributed by atoms with van der Waals surface area (Å²) in [4.78, 5) is 11.7. The molecule has 0 saturated carbocycles. The maximum Gasteiger partial charge on any atom is 0.271 e. The number of nitrogens with one attached hydrogen (secondary N) is 1. The van der Waals surface area contributed by atoms with E-state index in [-0.39, 0.29) is 5.56 Å². The van der Waals surface area contributed by atoms with E-state index >= 15 is 0 Å². The van der Waals surface area contributed by atoms with Crippen LogP contribution >= 0.6 is 0 Å². The molecule has 0 saturated heterocycles. The summed E-state index contributed by atoms with van der Waals surface area (Å²) in [7, 11) is 0. The van der Waals surface area contributed by atoms with E-state index in [0.29, 0.717) is 5.92 Å². The SMILES string of the molecule is CC(CC(C)C)=NNC(=O)c1cc(O)c(O)c(O)c1. The Bertz CT molecular complexity index is 486. The zero-order valence-electron chi connectivity index (χ0n) is 11.1. The van der Waals surface area contributed by atoms with Crippen molar-refractivity contribution in [1.82, 2.24) is 5.43 Å². The number of hydrogen-bond acceptors (Lipinski definition) is 5. The fraction of sp³-hybridized carbons (Fsp3) is 0.385. The van der Waals surface area contributed by atoms with Crippen LogP contribution in [-0.2, 0) is 0 Å². The molecule has 1 rings (SSSR count). The van der Waals surface area contributed by atoms with Crippen LogP contribution in [0.5, 0.6) is 17.2 Å². The predicted molar refractivity (Wildman–Crippen MR) is 71.5 cm³/mol. The lowest BCUT2D eigenvalue weighted by atomic mass is 10.1. The van der Waals surface area contributed by atoms with Gasteiger partial charge >= 0.3 is 0 Å². The van der Waals surface area contributed by atoms with Crippen molar-refractivity contribution < 1.29 is 20.1 Å². The molecule has 0 spiro atoms. The van der Waals surface area contributed by atoms with Crippen LogP contribution in [0, 0.1) is 5.92 Å². The first-order chi connectivity index (χ1) is 8.81. The summed E-state index contributed by atoms with van der Waals surface area (Å²) in [5, 5.41) is 31.7. The van der Waals surface area contributed by atoms with E-state index in [1.165, 1.54) is 0 Å². The summed E-state index contributed by atoms with van der Waals surface area (Å²) in [5.74, 6) is -1.92. The Hall–Kier alpha value is -2.24. The van der Waals surface area contributed by atoms with Gasteiger partial charge in [0.05, 0.1) is 0 Å². The number of hydrazone groups is 1. The van der Waals surface area contributed by atoms with Crippen molar-refractivity contribution in [3.8, 4) is 17.2 Å². The van der Waals surface area contributed by atoms with Crippen molar-refractivity contribution in [2.45, 2.75) is 27.2 Å². The number of aromatic hydroxyl groups is 3. The van der Waals surface area contributed by atoms with Gasteiger partial charge in [-0.1, -0.05) is 13.8 Å². The average Bonchev–Trinajstić information content (AvgIpc) is 2.31. The van der Waals surface area contributed by atoms with Crippen LogP contribution in [0.2, 0.25) is 0 Å². The molecule has 4 N–H and O–H groups in total. The molecule has 0 aromatic heterocycles. The summed E-state index contributed by atoms with van der Waals surface area (Å²) in [5.41, 5.74) is 3.11. The van der Waals surface area contributed by atoms with Crippen molar-refractivity contribution in [3.05, 3.63) is 17.7 Å². The predicted octanol–water partition coefficient (Wildman–Crippen LogP) is 1.96. The lowest BCUT2D eigenvalue weighted by Crippen LogP contribution is -2.19. The van der Waals surface area contributed by atoms with Gasteiger partial charge in [-0.25, -0.2) is 5.43 Å². The van der Waals surface area contributed by atoms with Gasteiger partial charge in [0.25, 0.3) is 5.91 Å². The highest BCUT2D eigenvalue weighted by Crippen LogP contribution is 2.35. The second kappa shape index (κ2) is 6.08. The third kappa shape index (κ3) is 4.17. The van der Waals surface area contributed by atoms with E-state index in [2.05, 4.69) is 10.5 Å². The Kier molecular flexibility index (Phi) is 4.74. The molecule has 0 radical (unpaired) electrons. The number of nitrogens with zero attached hydrogens (tertiary/aromatic N) is 1. The Morgan fingerprint density at radius 2 is 1.79 bits per heavy atom. The molecule has 19 heavy (non-hydrogen) atoms. The molecule has 0 fully saturated rings. The molecule has 0 heterocycles. The minimum absolute atomic E-state index is 0.00824. The monoisotopic (exact) mass is 266 g/mol. The molecule has 1 aromatic rings. The molecule has 1 aromatic carbocycles. The zero-order chi connectivity index (χ0) is 14.6. The normalized spacial score (nSPS) is 11.7. The third-order valence-corrected chi connectivity index (χ3v) is 2.38. The fourth-order valence-electron chi connectivity index (χ4n) is 1.58. The number of carbonyl (C=O) groups is 1. The maximum atomic E-state index is 11.7. The van der Waals surface area contributed by atoms with Gasteiger partial charge in [-0.15, -0.1) is 0 Å². The highest BCUT2D eigenvalue weighted by atomic mass is 16.3. The molecule has 0 atom stereocenters. The van der Waals surface area contributed by atoms with E-state index in [1.54, 1.807) is 6.92 Å². The molecule has 0 aliphatic carbocycles. The van der Waals surface area contributed by atoms with Crippen LogP contribution in [0.1, 0.15) is 37.6 Å². The lowest BCUT2D eigenvalue weighted by molar-refractivity contribution is 0.0953. The molecule has 6 heteroatoms. The highest BCUT2D eigenvalue weighted by molar-refractivity contribution is 5.96. The zero-order valence-corrected chi connectivity index (χ0v) is 11.1. The van der Waals surface area contributed by atoms with E-state index in [0.717, 1.165) is 24.3 Å². The largest absolute Gasteiger partial charge is 0.504 e. The number of amides is 1. The fourth-order valence-corrected chi connectivity index (χ4v) is 1.58. The van der Waals surface area contributed by atoms with E-state index in [9.17, 15) is 20.1 Å². The molecule has 0 aliphatic rings. The van der Waals surface area contributed by atoms with E-state index in [4.69, 9.17) is 0 Å². The van der Waals surface area contributed by atoms with Crippen molar-refractivity contribution in [1.29, 1.82) is 0 Å². The number of hydrogen-bond donors (Lipinski definition) is 4. The molecular formula is C13H18N2O4. The first-order valence-electron chi connectivity index (χ1n) is 5.89. The Labute approximate surface area is 111 Å². The number of carbonyl (C=O) groups excluding carboxylic acids is 1. The maximum absolute atomic E-state index is 11.7. The van der Waals surface area contributed by atoms with Gasteiger partial charge in [-0.05, 0) is 31.4 Å². The molecule has 0 unspecified atom stereocenters. The molecular weight excluding hydrogens is 248 g/mol. The smallest absolute Gasteiger partial charge is 0.271 e. The van der Waals surface area contributed by atoms with Gasteiger partial charge < -0.3 is 15.3 Å². The first-order valence-corrected chi connectivity index (χ1v) is 5.89. The lowest BCUT2D eigenvalue weighted by Gasteiger charge is -2.06. The number of rotatable bonds is 4. The molecule has 1 amide bonds. The van der Waals surface area contributed by atoms with Gasteiger partial charge in [0.15, 0.2) is 17.2 Å². The Balaban J connectivity index is 2.79. The number of phenolic OH excluding ortho intramolecular Hbond substituents is 3. The van der Waals surface area contributed by atoms with Gasteiger partial charge in [-0.3, -0.25) is 4.79 Å². The minimum Gasteiger partial charge on any atom is -0.504 e. The van der Waals surface area contributed by atoms with Gasteiger partial charge in [0.1, 0.15) is 0 Å². The molecule has 104 valence electrons. The summed E-state index contributed by atoms with van der Waals surface area (Å²) in [6.07, 6.45) is 0.756.